The lowest BCUT2D eigenvalue weighted by Crippen LogP contribution is -2.40. The van der Waals surface area contributed by atoms with E-state index in [2.05, 4.69) is 109 Å². The fraction of sp³-hybridized carbons (Fsp3) is 0.250. The minimum atomic E-state index is 0.831. The van der Waals surface area contributed by atoms with Crippen LogP contribution in [0.25, 0.3) is 32.7 Å². The van der Waals surface area contributed by atoms with E-state index in [1.54, 1.807) is 0 Å². The van der Waals surface area contributed by atoms with Crippen molar-refractivity contribution in [2.24, 2.45) is 0 Å². The highest BCUT2D eigenvalue weighted by atomic mass is 15.2. The number of hydrogen-bond acceptors (Lipinski definition) is 7. The van der Waals surface area contributed by atoms with Gasteiger partial charge in [-0.1, -0.05) is 54.6 Å². The maximum Gasteiger partial charge on any atom is 0.0705 e. The first-order valence-corrected chi connectivity index (χ1v) is 15.2. The third-order valence-electron chi connectivity index (χ3n) is 7.98. The smallest absolute Gasteiger partial charge is 0.0705 e. The van der Waals surface area contributed by atoms with Crippen molar-refractivity contribution >= 4 is 32.7 Å². The zero-order chi connectivity index (χ0) is 29.1. The molecule has 0 saturated carbocycles. The van der Waals surface area contributed by atoms with Gasteiger partial charge in [0.15, 0.2) is 0 Å². The van der Waals surface area contributed by atoms with Crippen LogP contribution in [0.5, 0.6) is 0 Å². The molecule has 3 aromatic carbocycles. The summed E-state index contributed by atoms with van der Waals surface area (Å²) in [6, 6.07) is 31.4. The summed E-state index contributed by atoms with van der Waals surface area (Å²) in [5.41, 5.74) is 7.00. The minimum absolute atomic E-state index is 0.831. The molecule has 0 bridgehead atoms. The standard InChI is InChI=1S/C36H39N7/c1-4-10-34-31(7-1)28(13-16-40-34)25-37-19-22-43(23-20-38-26-29-14-17-41-35-11-5-2-8-32(29)35)24-21-39-27-30-15-18-42-36-12-6-3-9-33(30)36/h1-18,37-39H,19-27H2. The van der Waals surface area contributed by atoms with E-state index in [0.29, 0.717) is 0 Å². The molecular weight excluding hydrogens is 530 g/mol. The highest BCUT2D eigenvalue weighted by Crippen LogP contribution is 2.17. The summed E-state index contributed by atoms with van der Waals surface area (Å²) < 4.78 is 0. The van der Waals surface area contributed by atoms with Gasteiger partial charge in [0.05, 0.1) is 16.6 Å². The van der Waals surface area contributed by atoms with Crippen molar-refractivity contribution in [3.63, 3.8) is 0 Å². The van der Waals surface area contributed by atoms with Crippen molar-refractivity contribution in [3.05, 3.63) is 126 Å². The molecule has 0 amide bonds. The first kappa shape index (κ1) is 28.8. The van der Waals surface area contributed by atoms with Crippen LogP contribution in [0.15, 0.2) is 110 Å². The lowest BCUT2D eigenvalue weighted by Gasteiger charge is -2.23. The number of hydrogen-bond donors (Lipinski definition) is 3. The van der Waals surface area contributed by atoms with E-state index in [9.17, 15) is 0 Å². The Morgan fingerprint density at radius 1 is 0.419 bits per heavy atom. The fourth-order valence-corrected chi connectivity index (χ4v) is 5.64. The number of fused-ring (bicyclic) bond motifs is 3. The largest absolute Gasteiger partial charge is 0.311 e. The number of para-hydroxylation sites is 3. The second-order valence-corrected chi connectivity index (χ2v) is 10.8. The molecule has 0 aliphatic heterocycles. The van der Waals surface area contributed by atoms with E-state index in [1.807, 2.05) is 36.8 Å². The Morgan fingerprint density at radius 3 is 1.09 bits per heavy atom. The molecular formula is C36H39N7. The summed E-state index contributed by atoms with van der Waals surface area (Å²) in [7, 11) is 0. The van der Waals surface area contributed by atoms with Crippen molar-refractivity contribution in [2.45, 2.75) is 19.6 Å². The molecule has 218 valence electrons. The normalized spacial score (nSPS) is 11.7. The summed E-state index contributed by atoms with van der Waals surface area (Å²) in [5.74, 6) is 0. The van der Waals surface area contributed by atoms with Gasteiger partial charge in [0, 0.05) is 93.7 Å². The van der Waals surface area contributed by atoms with Gasteiger partial charge in [0.2, 0.25) is 0 Å². The molecule has 43 heavy (non-hydrogen) atoms. The van der Waals surface area contributed by atoms with Crippen LogP contribution in [0.1, 0.15) is 16.7 Å². The van der Waals surface area contributed by atoms with Crippen molar-refractivity contribution in [3.8, 4) is 0 Å². The maximum absolute atomic E-state index is 4.50. The van der Waals surface area contributed by atoms with Gasteiger partial charge < -0.3 is 16.0 Å². The summed E-state index contributed by atoms with van der Waals surface area (Å²) in [5, 5.41) is 14.7. The number of nitrogens with zero attached hydrogens (tertiary/aromatic N) is 4. The maximum atomic E-state index is 4.50. The Morgan fingerprint density at radius 2 is 0.744 bits per heavy atom. The molecule has 3 N–H and O–H groups in total. The zero-order valence-corrected chi connectivity index (χ0v) is 24.5. The van der Waals surface area contributed by atoms with Gasteiger partial charge in [-0.05, 0) is 53.1 Å². The van der Waals surface area contributed by atoms with E-state index in [0.717, 1.165) is 75.5 Å². The molecule has 0 aliphatic carbocycles. The van der Waals surface area contributed by atoms with Crippen LogP contribution in [-0.2, 0) is 19.6 Å². The molecule has 0 unspecified atom stereocenters. The number of benzene rings is 3. The Bertz CT molecular complexity index is 1550. The molecule has 6 aromatic rings. The molecule has 0 saturated heterocycles. The molecule has 0 spiro atoms. The van der Waals surface area contributed by atoms with E-state index >= 15 is 0 Å². The van der Waals surface area contributed by atoms with Gasteiger partial charge in [-0.2, -0.15) is 0 Å². The van der Waals surface area contributed by atoms with Crippen LogP contribution in [0.4, 0.5) is 0 Å². The van der Waals surface area contributed by atoms with Gasteiger partial charge in [0.1, 0.15) is 0 Å². The zero-order valence-electron chi connectivity index (χ0n) is 24.5. The quantitative estimate of drug-likeness (QED) is 0.145. The molecule has 0 radical (unpaired) electrons. The summed E-state index contributed by atoms with van der Waals surface area (Å²) >= 11 is 0. The second-order valence-electron chi connectivity index (χ2n) is 10.8. The molecule has 0 fully saturated rings. The predicted octanol–water partition coefficient (Wildman–Crippen LogP) is 5.30. The van der Waals surface area contributed by atoms with Crippen LogP contribution in [-0.4, -0.2) is 59.1 Å². The van der Waals surface area contributed by atoms with Crippen LogP contribution in [0.3, 0.4) is 0 Å². The summed E-state index contributed by atoms with van der Waals surface area (Å²) in [4.78, 5) is 16.0. The number of aromatic nitrogens is 3. The van der Waals surface area contributed by atoms with Crippen molar-refractivity contribution in [1.82, 2.24) is 35.8 Å². The lowest BCUT2D eigenvalue weighted by atomic mass is 10.1. The molecule has 3 heterocycles. The SMILES string of the molecule is c1ccc2c(CNCCN(CCNCc3ccnc4ccccc34)CCNCc3ccnc4ccccc34)ccnc2c1. The third-order valence-corrected chi connectivity index (χ3v) is 7.98. The average molecular weight is 570 g/mol. The van der Waals surface area contributed by atoms with Gasteiger partial charge in [-0.25, -0.2) is 0 Å². The number of nitrogens with one attached hydrogen (secondary N) is 3. The molecule has 0 aliphatic rings. The first-order valence-electron chi connectivity index (χ1n) is 15.2. The summed E-state index contributed by atoms with van der Waals surface area (Å²) in [6.07, 6.45) is 5.71. The summed E-state index contributed by atoms with van der Waals surface area (Å²) in [6.45, 7) is 8.17. The number of pyridine rings is 3. The Hall–Kier alpha value is -4.27. The topological polar surface area (TPSA) is 78.0 Å². The molecule has 3 aromatic heterocycles. The highest BCUT2D eigenvalue weighted by Gasteiger charge is 2.08. The predicted molar refractivity (Wildman–Crippen MR) is 177 cm³/mol. The van der Waals surface area contributed by atoms with Crippen LogP contribution in [0.2, 0.25) is 0 Å². The Balaban J connectivity index is 1.02. The van der Waals surface area contributed by atoms with Crippen LogP contribution >= 0.6 is 0 Å². The van der Waals surface area contributed by atoms with Crippen molar-refractivity contribution in [2.75, 3.05) is 39.3 Å². The number of rotatable bonds is 15. The molecule has 6 rings (SSSR count). The molecule has 7 heteroatoms. The second kappa shape index (κ2) is 14.8. The molecule has 0 atom stereocenters. The van der Waals surface area contributed by atoms with Gasteiger partial charge in [-0.3, -0.25) is 19.9 Å². The van der Waals surface area contributed by atoms with E-state index in [1.165, 1.54) is 32.8 Å². The van der Waals surface area contributed by atoms with Crippen LogP contribution in [0, 0.1) is 0 Å². The molecule has 7 nitrogen and oxygen atoms in total. The van der Waals surface area contributed by atoms with Crippen molar-refractivity contribution < 1.29 is 0 Å². The van der Waals surface area contributed by atoms with Crippen LogP contribution < -0.4 is 16.0 Å². The Kier molecular flexibility index (Phi) is 9.89. The minimum Gasteiger partial charge on any atom is -0.311 e. The Labute approximate surface area is 253 Å². The first-order chi connectivity index (χ1) is 21.3. The monoisotopic (exact) mass is 569 g/mol. The van der Waals surface area contributed by atoms with Gasteiger partial charge in [0.25, 0.3) is 0 Å². The van der Waals surface area contributed by atoms with Gasteiger partial charge >= 0.3 is 0 Å². The van der Waals surface area contributed by atoms with E-state index in [-0.39, 0.29) is 0 Å². The lowest BCUT2D eigenvalue weighted by molar-refractivity contribution is 0.271. The van der Waals surface area contributed by atoms with E-state index in [4.69, 9.17) is 0 Å². The highest BCUT2D eigenvalue weighted by molar-refractivity contribution is 5.83. The fourth-order valence-electron chi connectivity index (χ4n) is 5.64. The van der Waals surface area contributed by atoms with E-state index < -0.39 is 0 Å². The van der Waals surface area contributed by atoms with Crippen molar-refractivity contribution in [1.29, 1.82) is 0 Å². The average Bonchev–Trinajstić information content (AvgIpc) is 3.06. The third kappa shape index (κ3) is 7.58. The van der Waals surface area contributed by atoms with Gasteiger partial charge in [-0.15, -0.1) is 0 Å².